The molecule has 1 unspecified atom stereocenters. The molecule has 0 bridgehead atoms. The van der Waals surface area contributed by atoms with Gasteiger partial charge in [-0.25, -0.2) is 4.39 Å². The Morgan fingerprint density at radius 2 is 1.88 bits per heavy atom. The maximum Gasteiger partial charge on any atom is 0.227 e. The molecule has 1 aliphatic rings. The molecule has 3 rings (SSSR count). The monoisotopic (exact) mass is 341 g/mol. The zero-order chi connectivity index (χ0) is 17.8. The molecule has 1 atom stereocenters. The summed E-state index contributed by atoms with van der Waals surface area (Å²) in [6.07, 6.45) is 2.15. The molecule has 25 heavy (non-hydrogen) atoms. The fourth-order valence-electron chi connectivity index (χ4n) is 3.26. The smallest absolute Gasteiger partial charge is 0.227 e. The highest BCUT2D eigenvalue weighted by Crippen LogP contribution is 2.24. The van der Waals surface area contributed by atoms with Gasteiger partial charge in [0.15, 0.2) is 0 Å². The van der Waals surface area contributed by atoms with Crippen LogP contribution in [-0.2, 0) is 11.2 Å². The second kappa shape index (κ2) is 7.74. The molecule has 0 spiro atoms. The van der Waals surface area contributed by atoms with Crippen LogP contribution < -0.4 is 0 Å². The Hall–Kier alpha value is -2.27. The fourth-order valence-corrected chi connectivity index (χ4v) is 3.26. The van der Waals surface area contributed by atoms with Crippen molar-refractivity contribution in [3.63, 3.8) is 0 Å². The molecular weight excluding hydrogens is 317 g/mol. The minimum Gasteiger partial charge on any atom is -0.340 e. The average Bonchev–Trinajstić information content (AvgIpc) is 2.63. The standard InChI is InChI=1S/C20H24FN3O/c1-15-7-8-17(14-22-15)13-20(25)24-11-9-23(10-12-24)16(2)18-5-3-4-6-19(18)21/h3-8,14,16H,9-13H2,1-2H3. The summed E-state index contributed by atoms with van der Waals surface area (Å²) in [7, 11) is 0. The normalized spacial score (nSPS) is 16.7. The van der Waals surface area contributed by atoms with Crippen LogP contribution in [0.3, 0.4) is 0 Å². The van der Waals surface area contributed by atoms with E-state index < -0.39 is 0 Å². The van der Waals surface area contributed by atoms with Crippen LogP contribution in [0.2, 0.25) is 0 Å². The summed E-state index contributed by atoms with van der Waals surface area (Å²) >= 11 is 0. The van der Waals surface area contributed by atoms with E-state index in [9.17, 15) is 9.18 Å². The predicted molar refractivity (Wildman–Crippen MR) is 95.6 cm³/mol. The highest BCUT2D eigenvalue weighted by Gasteiger charge is 2.25. The maximum absolute atomic E-state index is 14.0. The Kier molecular flexibility index (Phi) is 5.43. The van der Waals surface area contributed by atoms with Crippen LogP contribution in [0.25, 0.3) is 0 Å². The minimum atomic E-state index is -0.166. The fraction of sp³-hybridized carbons (Fsp3) is 0.400. The lowest BCUT2D eigenvalue weighted by atomic mass is 10.1. The van der Waals surface area contributed by atoms with E-state index in [-0.39, 0.29) is 17.8 Å². The number of benzene rings is 1. The van der Waals surface area contributed by atoms with Crippen molar-refractivity contribution >= 4 is 5.91 Å². The van der Waals surface area contributed by atoms with Crippen molar-refractivity contribution in [2.24, 2.45) is 0 Å². The number of rotatable bonds is 4. The van der Waals surface area contributed by atoms with Crippen LogP contribution in [0.15, 0.2) is 42.6 Å². The largest absolute Gasteiger partial charge is 0.340 e. The topological polar surface area (TPSA) is 36.4 Å². The summed E-state index contributed by atoms with van der Waals surface area (Å²) in [5, 5.41) is 0. The maximum atomic E-state index is 14.0. The van der Waals surface area contributed by atoms with E-state index in [0.717, 1.165) is 24.3 Å². The summed E-state index contributed by atoms with van der Waals surface area (Å²) in [6.45, 7) is 6.82. The van der Waals surface area contributed by atoms with Crippen LogP contribution in [0.1, 0.15) is 29.8 Å². The number of halogens is 1. The Labute approximate surface area is 148 Å². The van der Waals surface area contributed by atoms with Crippen LogP contribution in [0.5, 0.6) is 0 Å². The molecule has 132 valence electrons. The molecule has 1 fully saturated rings. The zero-order valence-corrected chi connectivity index (χ0v) is 14.8. The second-order valence-corrected chi connectivity index (χ2v) is 6.60. The molecule has 0 aliphatic carbocycles. The van der Waals surface area contributed by atoms with E-state index >= 15 is 0 Å². The number of hydrogen-bond acceptors (Lipinski definition) is 3. The Balaban J connectivity index is 1.55. The SMILES string of the molecule is Cc1ccc(CC(=O)N2CCN(C(C)c3ccccc3F)CC2)cn1. The lowest BCUT2D eigenvalue weighted by molar-refractivity contribution is -0.132. The molecule has 5 heteroatoms. The van der Waals surface area contributed by atoms with Gasteiger partial charge in [0, 0.05) is 49.7 Å². The number of hydrogen-bond donors (Lipinski definition) is 0. The number of carbonyl (C=O) groups excluding carboxylic acids is 1. The molecule has 1 aromatic carbocycles. The van der Waals surface area contributed by atoms with Gasteiger partial charge in [0.25, 0.3) is 0 Å². The summed E-state index contributed by atoms with van der Waals surface area (Å²) in [5.41, 5.74) is 2.61. The first-order valence-electron chi connectivity index (χ1n) is 8.72. The van der Waals surface area contributed by atoms with Gasteiger partial charge in [-0.15, -0.1) is 0 Å². The van der Waals surface area contributed by atoms with Crippen LogP contribution in [0.4, 0.5) is 4.39 Å². The summed E-state index contributed by atoms with van der Waals surface area (Å²) in [5.74, 6) is -0.0378. The number of carbonyl (C=O) groups is 1. The zero-order valence-electron chi connectivity index (χ0n) is 14.8. The number of aromatic nitrogens is 1. The van der Waals surface area contributed by atoms with Crippen LogP contribution in [-0.4, -0.2) is 46.9 Å². The molecule has 1 amide bonds. The highest BCUT2D eigenvalue weighted by atomic mass is 19.1. The first-order valence-corrected chi connectivity index (χ1v) is 8.72. The van der Waals surface area contributed by atoms with E-state index in [1.807, 2.05) is 43.0 Å². The van der Waals surface area contributed by atoms with Gasteiger partial charge in [-0.05, 0) is 31.5 Å². The molecule has 0 radical (unpaired) electrons. The molecule has 2 heterocycles. The van der Waals surface area contributed by atoms with E-state index in [1.165, 1.54) is 6.07 Å². The summed E-state index contributed by atoms with van der Waals surface area (Å²) in [4.78, 5) is 20.8. The third-order valence-corrected chi connectivity index (χ3v) is 4.90. The average molecular weight is 341 g/mol. The van der Waals surface area contributed by atoms with E-state index in [4.69, 9.17) is 0 Å². The first kappa shape index (κ1) is 17.5. The van der Waals surface area contributed by atoms with Crippen molar-refractivity contribution < 1.29 is 9.18 Å². The number of amides is 1. The molecule has 4 nitrogen and oxygen atoms in total. The van der Waals surface area contributed by atoms with Gasteiger partial charge < -0.3 is 4.90 Å². The Morgan fingerprint density at radius 3 is 2.52 bits per heavy atom. The molecule has 0 N–H and O–H groups in total. The lowest BCUT2D eigenvalue weighted by Gasteiger charge is -2.38. The highest BCUT2D eigenvalue weighted by molar-refractivity contribution is 5.78. The predicted octanol–water partition coefficient (Wildman–Crippen LogP) is 2.98. The minimum absolute atomic E-state index is 0.0137. The van der Waals surface area contributed by atoms with E-state index in [1.54, 1.807) is 12.3 Å². The van der Waals surface area contributed by atoms with Gasteiger partial charge in [-0.2, -0.15) is 0 Å². The number of nitrogens with zero attached hydrogens (tertiary/aromatic N) is 3. The van der Waals surface area contributed by atoms with Gasteiger partial charge in [0.05, 0.1) is 6.42 Å². The third-order valence-electron chi connectivity index (χ3n) is 4.90. The van der Waals surface area contributed by atoms with Gasteiger partial charge in [-0.3, -0.25) is 14.7 Å². The quantitative estimate of drug-likeness (QED) is 0.858. The van der Waals surface area contributed by atoms with Crippen LogP contribution >= 0.6 is 0 Å². The van der Waals surface area contributed by atoms with Crippen molar-refractivity contribution in [2.75, 3.05) is 26.2 Å². The molecule has 0 saturated carbocycles. The van der Waals surface area contributed by atoms with Crippen LogP contribution in [0, 0.1) is 12.7 Å². The van der Waals surface area contributed by atoms with Crippen molar-refractivity contribution in [1.29, 1.82) is 0 Å². The Bertz CT molecular complexity index is 724. The van der Waals surface area contributed by atoms with Crippen molar-refractivity contribution in [2.45, 2.75) is 26.3 Å². The van der Waals surface area contributed by atoms with Gasteiger partial charge in [0.2, 0.25) is 5.91 Å². The van der Waals surface area contributed by atoms with Gasteiger partial charge >= 0.3 is 0 Å². The van der Waals surface area contributed by atoms with Crippen molar-refractivity contribution in [1.82, 2.24) is 14.8 Å². The molecule has 1 saturated heterocycles. The number of piperazine rings is 1. The van der Waals surface area contributed by atoms with E-state index in [0.29, 0.717) is 25.1 Å². The summed E-state index contributed by atoms with van der Waals surface area (Å²) in [6, 6.07) is 10.8. The van der Waals surface area contributed by atoms with Gasteiger partial charge in [-0.1, -0.05) is 24.3 Å². The second-order valence-electron chi connectivity index (χ2n) is 6.60. The first-order chi connectivity index (χ1) is 12.0. The molecular formula is C20H24FN3O. The number of aryl methyl sites for hydroxylation is 1. The van der Waals surface area contributed by atoms with Crippen molar-refractivity contribution in [3.05, 3.63) is 65.2 Å². The van der Waals surface area contributed by atoms with E-state index in [2.05, 4.69) is 9.88 Å². The van der Waals surface area contributed by atoms with Crippen molar-refractivity contribution in [3.8, 4) is 0 Å². The van der Waals surface area contributed by atoms with Gasteiger partial charge in [0.1, 0.15) is 5.82 Å². The number of pyridine rings is 1. The molecule has 1 aromatic heterocycles. The lowest BCUT2D eigenvalue weighted by Crippen LogP contribution is -2.49. The third kappa shape index (κ3) is 4.23. The molecule has 2 aromatic rings. The Morgan fingerprint density at radius 1 is 1.16 bits per heavy atom. The molecule has 1 aliphatic heterocycles. The summed E-state index contributed by atoms with van der Waals surface area (Å²) < 4.78 is 14.0.